The zero-order valence-corrected chi connectivity index (χ0v) is 31.7. The lowest BCUT2D eigenvalue weighted by Gasteiger charge is -2.51. The second-order valence-corrected chi connectivity index (χ2v) is 16.6. The van der Waals surface area contributed by atoms with Crippen molar-refractivity contribution in [1.29, 1.82) is 0 Å². The van der Waals surface area contributed by atoms with Gasteiger partial charge < -0.3 is 13.7 Å². The lowest BCUT2D eigenvalue weighted by atomic mass is 9.75. The minimum Gasteiger partial charge on any atom is -0.350 e. The predicted octanol–water partition coefficient (Wildman–Crippen LogP) is 7.28. The van der Waals surface area contributed by atoms with E-state index in [0.29, 0.717) is 25.5 Å². The number of hydrogen-bond acceptors (Lipinski definition) is 6. The highest BCUT2D eigenvalue weighted by Crippen LogP contribution is 2.49. The third kappa shape index (κ3) is 8.42. The van der Waals surface area contributed by atoms with Crippen LogP contribution < -0.4 is 5.32 Å². The lowest BCUT2D eigenvalue weighted by molar-refractivity contribution is -0.923. The van der Waals surface area contributed by atoms with Crippen molar-refractivity contribution >= 4 is 31.3 Å². The number of benzene rings is 3. The molecule has 3 saturated heterocycles. The molecule has 3 aromatic rings. The molecule has 6 rings (SSSR count). The fraction of sp³-hybridized carbons (Fsp3) is 0.450. The first kappa shape index (κ1) is 37.6. The number of ether oxygens (including phenoxy) is 1. The summed E-state index contributed by atoms with van der Waals surface area (Å²) in [5.41, 5.74) is 3.41. The molecule has 3 unspecified atom stereocenters. The van der Waals surface area contributed by atoms with E-state index in [4.69, 9.17) is 20.5 Å². The van der Waals surface area contributed by atoms with Crippen LogP contribution >= 0.6 is 18.9 Å². The number of hydrogen-bond donors (Lipinski definition) is 1. The van der Waals surface area contributed by atoms with Crippen LogP contribution in [0.3, 0.4) is 0 Å². The van der Waals surface area contributed by atoms with E-state index in [9.17, 15) is 9.59 Å². The van der Waals surface area contributed by atoms with Crippen molar-refractivity contribution in [2.24, 2.45) is 0 Å². The first-order valence-corrected chi connectivity index (χ1v) is 20.3. The molecule has 51 heavy (non-hydrogen) atoms. The average molecular weight is 733 g/mol. The summed E-state index contributed by atoms with van der Waals surface area (Å²) in [6.07, 6.45) is 5.87. The molecule has 1 N–H and O–H groups in total. The molecule has 0 bridgehead atoms. The van der Waals surface area contributed by atoms with Crippen LogP contribution in [0.1, 0.15) is 56.2 Å². The Morgan fingerprint density at radius 3 is 1.96 bits per heavy atom. The number of allylic oxidation sites excluding steroid dienone is 1. The second-order valence-electron chi connectivity index (χ2n) is 14.4. The van der Waals surface area contributed by atoms with Crippen LogP contribution in [0.2, 0.25) is 0 Å². The van der Waals surface area contributed by atoms with E-state index >= 15 is 0 Å². The summed E-state index contributed by atoms with van der Waals surface area (Å²) in [5, 5.41) is 2.34. The third-order valence-corrected chi connectivity index (χ3v) is 13.0. The molecule has 3 fully saturated rings. The van der Waals surface area contributed by atoms with E-state index in [1.54, 1.807) is 6.20 Å². The molecule has 0 aliphatic carbocycles. The van der Waals surface area contributed by atoms with Gasteiger partial charge in [0, 0.05) is 58.1 Å². The fourth-order valence-electron chi connectivity index (χ4n) is 8.38. The minimum atomic E-state index is -1.36. The number of carbonyl (C=O) groups is 2. The summed E-state index contributed by atoms with van der Waals surface area (Å²) in [6.45, 7) is 9.34. The Kier molecular flexibility index (Phi) is 12.6. The van der Waals surface area contributed by atoms with E-state index in [0.717, 1.165) is 48.2 Å². The van der Waals surface area contributed by atoms with E-state index in [1.165, 1.54) is 35.3 Å². The Bertz CT molecular complexity index is 1500. The number of carbonyl (C=O) groups excluding carboxylic acids is 2. The van der Waals surface area contributed by atoms with Gasteiger partial charge in [0.05, 0.1) is 44.4 Å². The number of morpholine rings is 1. The standard InChI is InChI=1S/C40H51ClN5O4P/c1-32(2)27-45(39(48)42-31-47)38-29-43(28-37(50-38)30-49-51(41)44-23-21-36(22-24-44)46(3)25-13-14-26-46)40(33-15-7-4-8-16-33,34-17-9-5-10-18-34)35-19-11-6-12-20-35/h4-12,15-20,27,31,36-38H,13-14,21-26,28-30H2,1-3H3/p+1. The number of rotatable bonds is 12. The largest absolute Gasteiger partial charge is 0.350 e. The van der Waals surface area contributed by atoms with Crippen LogP contribution in [0.4, 0.5) is 4.79 Å². The Morgan fingerprint density at radius 2 is 1.47 bits per heavy atom. The predicted molar refractivity (Wildman–Crippen MR) is 204 cm³/mol. The maximum absolute atomic E-state index is 13.5. The molecule has 3 aliphatic rings. The highest BCUT2D eigenvalue weighted by Gasteiger charge is 2.48. The van der Waals surface area contributed by atoms with Gasteiger partial charge in [0.25, 0.3) is 0 Å². The first-order chi connectivity index (χ1) is 24.7. The van der Waals surface area contributed by atoms with Gasteiger partial charge >= 0.3 is 6.03 Å². The number of nitrogens with one attached hydrogen (secondary N) is 1. The number of nitrogens with zero attached hydrogens (tertiary/aromatic N) is 4. The summed E-state index contributed by atoms with van der Waals surface area (Å²) in [4.78, 5) is 28.8. The Balaban J connectivity index is 1.33. The van der Waals surface area contributed by atoms with Crippen molar-refractivity contribution in [3.63, 3.8) is 0 Å². The van der Waals surface area contributed by atoms with Crippen LogP contribution in [0.5, 0.6) is 0 Å². The van der Waals surface area contributed by atoms with Gasteiger partial charge in [-0.1, -0.05) is 96.6 Å². The molecular formula is C40H52ClN5O4P+. The van der Waals surface area contributed by atoms with Crippen molar-refractivity contribution in [3.8, 4) is 0 Å². The van der Waals surface area contributed by atoms with Gasteiger partial charge in [0.1, 0.15) is 0 Å². The van der Waals surface area contributed by atoms with Crippen LogP contribution in [-0.2, 0) is 19.6 Å². The summed E-state index contributed by atoms with van der Waals surface area (Å²) < 4.78 is 16.7. The number of quaternary nitrogens is 1. The lowest BCUT2D eigenvalue weighted by Crippen LogP contribution is -2.62. The van der Waals surface area contributed by atoms with Crippen molar-refractivity contribution < 1.29 is 23.3 Å². The number of urea groups is 1. The van der Waals surface area contributed by atoms with Gasteiger partial charge in [-0.15, -0.1) is 0 Å². The van der Waals surface area contributed by atoms with Crippen LogP contribution in [0, 0.1) is 0 Å². The number of imide groups is 1. The molecule has 3 amide bonds. The van der Waals surface area contributed by atoms with E-state index < -0.39 is 31.6 Å². The zero-order chi connectivity index (χ0) is 35.8. The highest BCUT2D eigenvalue weighted by molar-refractivity contribution is 7.78. The van der Waals surface area contributed by atoms with Gasteiger partial charge in [-0.3, -0.25) is 19.9 Å². The van der Waals surface area contributed by atoms with Gasteiger partial charge in [0.2, 0.25) is 14.1 Å². The molecule has 3 aliphatic heterocycles. The van der Waals surface area contributed by atoms with Crippen molar-refractivity contribution in [3.05, 3.63) is 119 Å². The third-order valence-electron chi connectivity index (χ3n) is 10.8. The molecule has 0 saturated carbocycles. The first-order valence-electron chi connectivity index (χ1n) is 18.2. The van der Waals surface area contributed by atoms with Crippen molar-refractivity contribution in [1.82, 2.24) is 19.8 Å². The fourth-order valence-corrected chi connectivity index (χ4v) is 10.0. The molecule has 0 aromatic heterocycles. The SMILES string of the molecule is CC(C)=CN(C(=O)NC=O)C1CN(C(c2ccccc2)(c2ccccc2)c2ccccc2)CC(COP(Cl)N2CCC([N+]3(C)CCCC3)CC2)O1. The zero-order valence-electron chi connectivity index (χ0n) is 30.1. The molecule has 3 atom stereocenters. The second kappa shape index (κ2) is 17.1. The number of likely N-dealkylation sites (tertiary alicyclic amines) is 1. The molecule has 3 heterocycles. The molecule has 3 aromatic carbocycles. The van der Waals surface area contributed by atoms with Gasteiger partial charge in [0.15, 0.2) is 6.23 Å². The summed E-state index contributed by atoms with van der Waals surface area (Å²) in [6, 6.07) is 31.6. The average Bonchev–Trinajstić information content (AvgIpc) is 3.62. The number of piperidine rings is 1. The Hall–Kier alpha value is -3.14. The monoisotopic (exact) mass is 732 g/mol. The summed E-state index contributed by atoms with van der Waals surface area (Å²) in [5.74, 6) is 0. The van der Waals surface area contributed by atoms with Gasteiger partial charge in [-0.2, -0.15) is 0 Å². The smallest absolute Gasteiger partial charge is 0.330 e. The minimum absolute atomic E-state index is 0.252. The van der Waals surface area contributed by atoms with Crippen molar-refractivity contribution in [2.45, 2.75) is 63.4 Å². The van der Waals surface area contributed by atoms with Crippen LogP contribution in [0.25, 0.3) is 0 Å². The molecule has 9 nitrogen and oxygen atoms in total. The molecule has 11 heteroatoms. The van der Waals surface area contributed by atoms with E-state index in [2.05, 4.69) is 94.7 Å². The Morgan fingerprint density at radius 1 is 0.941 bits per heavy atom. The molecule has 0 radical (unpaired) electrons. The van der Waals surface area contributed by atoms with Gasteiger partial charge in [-0.05, 0) is 41.8 Å². The van der Waals surface area contributed by atoms with Crippen LogP contribution in [0.15, 0.2) is 103 Å². The quantitative estimate of drug-likeness (QED) is 0.0914. The summed E-state index contributed by atoms with van der Waals surface area (Å²) in [7, 11) is 1.06. The number of amides is 3. The van der Waals surface area contributed by atoms with E-state index in [1.807, 2.05) is 32.0 Å². The number of halogens is 1. The molecule has 272 valence electrons. The van der Waals surface area contributed by atoms with Crippen molar-refractivity contribution in [2.75, 3.05) is 52.9 Å². The molecule has 0 spiro atoms. The van der Waals surface area contributed by atoms with E-state index in [-0.39, 0.29) is 6.61 Å². The summed E-state index contributed by atoms with van der Waals surface area (Å²) >= 11 is 7.07. The van der Waals surface area contributed by atoms with Crippen LogP contribution in [-0.4, -0.2) is 103 Å². The van der Waals surface area contributed by atoms with Gasteiger partial charge in [-0.25, -0.2) is 9.46 Å². The maximum Gasteiger partial charge on any atom is 0.330 e. The highest BCUT2D eigenvalue weighted by atomic mass is 35.7. The topological polar surface area (TPSA) is 74.4 Å². The maximum atomic E-state index is 13.5. The normalized spacial score (nSPS) is 22.2. The Labute approximate surface area is 309 Å². The molecular weight excluding hydrogens is 681 g/mol.